The summed E-state index contributed by atoms with van der Waals surface area (Å²) in [5, 5.41) is 2.87. The summed E-state index contributed by atoms with van der Waals surface area (Å²) in [7, 11) is -1.89. The van der Waals surface area contributed by atoms with E-state index in [-0.39, 0.29) is 10.8 Å². The smallest absolute Gasteiger partial charge is 0.272 e. The number of carbonyl (C=O) groups excluding carboxylic acids is 1. The first kappa shape index (κ1) is 21.1. The van der Waals surface area contributed by atoms with Crippen LogP contribution in [0.2, 0.25) is 0 Å². The van der Waals surface area contributed by atoms with Crippen molar-refractivity contribution < 1.29 is 17.9 Å². The topological polar surface area (TPSA) is 80.6 Å². The number of hydrogen-bond acceptors (Lipinski definition) is 4. The van der Waals surface area contributed by atoms with Gasteiger partial charge in [-0.2, -0.15) is 4.31 Å². The van der Waals surface area contributed by atoms with E-state index >= 15 is 0 Å². The van der Waals surface area contributed by atoms with Gasteiger partial charge in [0.1, 0.15) is 10.6 Å². The van der Waals surface area contributed by atoms with Gasteiger partial charge < -0.3 is 14.6 Å². The number of aromatic nitrogens is 1. The fraction of sp³-hybridized carbons (Fsp3) is 0.500. The van der Waals surface area contributed by atoms with Crippen LogP contribution < -0.4 is 5.32 Å². The van der Waals surface area contributed by atoms with Gasteiger partial charge in [0.15, 0.2) is 0 Å². The van der Waals surface area contributed by atoms with Crippen molar-refractivity contribution >= 4 is 21.6 Å². The van der Waals surface area contributed by atoms with E-state index in [9.17, 15) is 13.2 Å². The van der Waals surface area contributed by atoms with E-state index < -0.39 is 10.0 Å². The SMILES string of the molecule is Cn1cc(S(=O)(=O)N2CCCCC2)cc1C(=O)Nc1cccc(COCC2CC2)c1. The van der Waals surface area contributed by atoms with Crippen molar-refractivity contribution in [2.24, 2.45) is 13.0 Å². The minimum atomic E-state index is -3.57. The number of piperidine rings is 1. The maximum Gasteiger partial charge on any atom is 0.272 e. The van der Waals surface area contributed by atoms with Gasteiger partial charge in [-0.05, 0) is 55.4 Å². The predicted molar refractivity (Wildman–Crippen MR) is 115 cm³/mol. The quantitative estimate of drug-likeness (QED) is 0.695. The molecule has 1 aliphatic carbocycles. The Morgan fingerprint density at radius 3 is 2.67 bits per heavy atom. The van der Waals surface area contributed by atoms with Gasteiger partial charge >= 0.3 is 0 Å². The molecule has 8 heteroatoms. The van der Waals surface area contributed by atoms with Gasteiger partial charge in [-0.15, -0.1) is 0 Å². The van der Waals surface area contributed by atoms with Crippen LogP contribution in [0.5, 0.6) is 0 Å². The fourth-order valence-corrected chi connectivity index (χ4v) is 5.31. The molecule has 1 aliphatic heterocycles. The van der Waals surface area contributed by atoms with Crippen molar-refractivity contribution in [3.05, 3.63) is 47.8 Å². The molecule has 0 spiro atoms. The van der Waals surface area contributed by atoms with Crippen LogP contribution in [-0.4, -0.2) is 42.9 Å². The Bertz CT molecular complexity index is 1010. The summed E-state index contributed by atoms with van der Waals surface area (Å²) in [6, 6.07) is 9.01. The standard InChI is InChI=1S/C22H29N3O4S/c1-24-14-20(30(27,28)25-10-3-2-4-11-25)13-21(24)22(26)23-19-7-5-6-18(12-19)16-29-15-17-8-9-17/h5-7,12-14,17H,2-4,8-11,15-16H2,1H3,(H,23,26). The Labute approximate surface area is 178 Å². The summed E-state index contributed by atoms with van der Waals surface area (Å²) in [6.45, 7) is 2.37. The van der Waals surface area contributed by atoms with Crippen LogP contribution >= 0.6 is 0 Å². The molecule has 4 rings (SSSR count). The van der Waals surface area contributed by atoms with Crippen LogP contribution in [0.3, 0.4) is 0 Å². The molecule has 0 bridgehead atoms. The van der Waals surface area contributed by atoms with Crippen LogP contribution in [0.1, 0.15) is 48.2 Å². The zero-order valence-electron chi connectivity index (χ0n) is 17.3. The Kier molecular flexibility index (Phi) is 6.26. The largest absolute Gasteiger partial charge is 0.376 e. The van der Waals surface area contributed by atoms with Crippen LogP contribution in [-0.2, 0) is 28.4 Å². The number of sulfonamides is 1. The summed E-state index contributed by atoms with van der Waals surface area (Å²) >= 11 is 0. The summed E-state index contributed by atoms with van der Waals surface area (Å²) in [6.07, 6.45) is 6.82. The number of benzene rings is 1. The number of amides is 1. The second kappa shape index (κ2) is 8.91. The first-order valence-electron chi connectivity index (χ1n) is 10.6. The van der Waals surface area contributed by atoms with E-state index in [0.717, 1.165) is 31.4 Å². The van der Waals surface area contributed by atoms with E-state index in [1.165, 1.54) is 29.4 Å². The number of nitrogens with one attached hydrogen (secondary N) is 1. The van der Waals surface area contributed by atoms with Crippen molar-refractivity contribution in [1.29, 1.82) is 0 Å². The minimum Gasteiger partial charge on any atom is -0.376 e. The number of rotatable bonds is 8. The van der Waals surface area contributed by atoms with Crippen molar-refractivity contribution in [3.63, 3.8) is 0 Å². The summed E-state index contributed by atoms with van der Waals surface area (Å²) in [5.74, 6) is 0.370. The normalized spacial score (nSPS) is 17.8. The minimum absolute atomic E-state index is 0.166. The van der Waals surface area contributed by atoms with E-state index in [1.54, 1.807) is 11.6 Å². The Hall–Kier alpha value is -2.16. The summed E-state index contributed by atoms with van der Waals surface area (Å²) in [4.78, 5) is 13.0. The molecule has 1 amide bonds. The zero-order valence-corrected chi connectivity index (χ0v) is 18.2. The molecular formula is C22H29N3O4S. The van der Waals surface area contributed by atoms with Gasteiger partial charge in [0.25, 0.3) is 5.91 Å². The van der Waals surface area contributed by atoms with E-state index in [0.29, 0.717) is 37.0 Å². The number of nitrogens with zero attached hydrogens (tertiary/aromatic N) is 2. The maximum absolute atomic E-state index is 12.9. The lowest BCUT2D eigenvalue weighted by Crippen LogP contribution is -2.35. The molecule has 2 aliphatic rings. The molecule has 162 valence electrons. The number of carbonyl (C=O) groups is 1. The molecule has 2 fully saturated rings. The highest BCUT2D eigenvalue weighted by Crippen LogP contribution is 2.29. The van der Waals surface area contributed by atoms with Crippen LogP contribution in [0.15, 0.2) is 41.4 Å². The average Bonchev–Trinajstić information content (AvgIpc) is 3.47. The summed E-state index contributed by atoms with van der Waals surface area (Å²) < 4.78 is 34.6. The van der Waals surface area contributed by atoms with E-state index in [4.69, 9.17) is 4.74 Å². The van der Waals surface area contributed by atoms with Crippen molar-refractivity contribution in [2.45, 2.75) is 43.6 Å². The molecule has 2 heterocycles. The molecule has 1 saturated carbocycles. The highest BCUT2D eigenvalue weighted by molar-refractivity contribution is 7.89. The lowest BCUT2D eigenvalue weighted by molar-refractivity contribution is 0.101. The van der Waals surface area contributed by atoms with Gasteiger partial charge in [-0.25, -0.2) is 8.42 Å². The third-order valence-electron chi connectivity index (χ3n) is 5.67. The Morgan fingerprint density at radius 1 is 1.17 bits per heavy atom. The molecule has 0 radical (unpaired) electrons. The van der Waals surface area contributed by atoms with Gasteiger partial charge in [0, 0.05) is 38.6 Å². The number of hydrogen-bond donors (Lipinski definition) is 1. The zero-order chi connectivity index (χ0) is 21.1. The van der Waals surface area contributed by atoms with Crippen molar-refractivity contribution in [1.82, 2.24) is 8.87 Å². The molecular weight excluding hydrogens is 402 g/mol. The average molecular weight is 432 g/mol. The second-order valence-corrected chi connectivity index (χ2v) is 10.2. The maximum atomic E-state index is 12.9. The lowest BCUT2D eigenvalue weighted by Gasteiger charge is -2.25. The summed E-state index contributed by atoms with van der Waals surface area (Å²) in [5.41, 5.74) is 1.96. The van der Waals surface area contributed by atoms with Crippen LogP contribution in [0, 0.1) is 5.92 Å². The molecule has 1 saturated heterocycles. The highest BCUT2D eigenvalue weighted by Gasteiger charge is 2.28. The number of ether oxygens (including phenoxy) is 1. The molecule has 7 nitrogen and oxygen atoms in total. The third kappa shape index (κ3) is 4.94. The van der Waals surface area contributed by atoms with Crippen LogP contribution in [0.25, 0.3) is 0 Å². The Balaban J connectivity index is 1.43. The van der Waals surface area contributed by atoms with Gasteiger partial charge in [0.05, 0.1) is 6.61 Å². The third-order valence-corrected chi connectivity index (χ3v) is 7.53. The van der Waals surface area contributed by atoms with Crippen molar-refractivity contribution in [3.8, 4) is 0 Å². The first-order valence-corrected chi connectivity index (χ1v) is 12.0. The number of anilines is 1. The molecule has 0 atom stereocenters. The van der Waals surface area contributed by atoms with E-state index in [1.807, 2.05) is 24.3 Å². The molecule has 1 aromatic carbocycles. The fourth-order valence-electron chi connectivity index (χ4n) is 3.72. The van der Waals surface area contributed by atoms with E-state index in [2.05, 4.69) is 5.32 Å². The van der Waals surface area contributed by atoms with Gasteiger partial charge in [-0.1, -0.05) is 18.6 Å². The lowest BCUT2D eigenvalue weighted by atomic mass is 10.2. The van der Waals surface area contributed by atoms with Crippen molar-refractivity contribution in [2.75, 3.05) is 25.0 Å². The Morgan fingerprint density at radius 2 is 1.93 bits per heavy atom. The molecule has 1 aromatic heterocycles. The van der Waals surface area contributed by atoms with Crippen LogP contribution in [0.4, 0.5) is 5.69 Å². The number of aryl methyl sites for hydroxylation is 1. The molecule has 2 aromatic rings. The molecule has 30 heavy (non-hydrogen) atoms. The molecule has 0 unspecified atom stereocenters. The highest BCUT2D eigenvalue weighted by atomic mass is 32.2. The van der Waals surface area contributed by atoms with Gasteiger partial charge in [-0.3, -0.25) is 4.79 Å². The monoisotopic (exact) mass is 431 g/mol. The second-order valence-electron chi connectivity index (χ2n) is 8.25. The first-order chi connectivity index (χ1) is 14.4. The van der Waals surface area contributed by atoms with Gasteiger partial charge in [0.2, 0.25) is 10.0 Å². The predicted octanol–water partition coefficient (Wildman–Crippen LogP) is 3.38. The molecule has 1 N–H and O–H groups in total.